The number of carbonyl (C=O) groups is 2. The molecule has 0 saturated carbocycles. The zero-order chi connectivity index (χ0) is 19.9. The van der Waals surface area contributed by atoms with E-state index in [9.17, 15) is 9.59 Å². The molecule has 3 rings (SSSR count). The van der Waals surface area contributed by atoms with Gasteiger partial charge in [0.05, 0.1) is 18.4 Å². The van der Waals surface area contributed by atoms with Crippen LogP contribution in [-0.4, -0.2) is 34.9 Å². The van der Waals surface area contributed by atoms with Gasteiger partial charge in [-0.1, -0.05) is 52.9 Å². The zero-order valence-corrected chi connectivity index (χ0v) is 16.9. The molecule has 1 heterocycles. The topological polar surface area (TPSA) is 93.2 Å². The molecule has 28 heavy (non-hydrogen) atoms. The van der Waals surface area contributed by atoms with Gasteiger partial charge in [0.15, 0.2) is 4.34 Å². The van der Waals surface area contributed by atoms with Crippen LogP contribution >= 0.6 is 23.1 Å². The predicted octanol–water partition coefficient (Wildman–Crippen LogP) is 3.84. The minimum atomic E-state index is -0.331. The number of aromatic nitrogens is 2. The molecule has 0 aliphatic rings. The molecule has 7 nitrogen and oxygen atoms in total. The first kappa shape index (κ1) is 19.8. The summed E-state index contributed by atoms with van der Waals surface area (Å²) in [6.07, 6.45) is 0. The van der Waals surface area contributed by atoms with Gasteiger partial charge < -0.3 is 10.1 Å². The van der Waals surface area contributed by atoms with Gasteiger partial charge in [-0.05, 0) is 31.2 Å². The Morgan fingerprint density at radius 3 is 2.57 bits per heavy atom. The lowest BCUT2D eigenvalue weighted by Gasteiger charge is -2.06. The molecule has 0 aliphatic carbocycles. The normalized spacial score (nSPS) is 10.4. The first-order valence-electron chi connectivity index (χ1n) is 8.32. The van der Waals surface area contributed by atoms with Crippen LogP contribution in [0.4, 0.5) is 10.8 Å². The lowest BCUT2D eigenvalue weighted by Crippen LogP contribution is -2.13. The van der Waals surface area contributed by atoms with E-state index in [4.69, 9.17) is 4.74 Å². The van der Waals surface area contributed by atoms with E-state index >= 15 is 0 Å². The number of nitrogens with one attached hydrogen (secondary N) is 2. The number of benzene rings is 2. The number of thioether (sulfide) groups is 1. The fourth-order valence-electron chi connectivity index (χ4n) is 2.28. The third-order valence-electron chi connectivity index (χ3n) is 3.64. The third-order valence-corrected chi connectivity index (χ3v) is 5.61. The van der Waals surface area contributed by atoms with Crippen molar-refractivity contribution in [2.75, 3.05) is 23.5 Å². The van der Waals surface area contributed by atoms with Crippen LogP contribution in [-0.2, 0) is 4.79 Å². The number of anilines is 2. The second kappa shape index (κ2) is 9.34. The van der Waals surface area contributed by atoms with Gasteiger partial charge in [0, 0.05) is 5.69 Å². The monoisotopic (exact) mass is 414 g/mol. The number of amides is 2. The minimum absolute atomic E-state index is 0.135. The van der Waals surface area contributed by atoms with Crippen molar-refractivity contribution in [1.82, 2.24) is 10.2 Å². The van der Waals surface area contributed by atoms with E-state index < -0.39 is 0 Å². The van der Waals surface area contributed by atoms with Crippen LogP contribution in [0.25, 0.3) is 0 Å². The maximum atomic E-state index is 12.4. The summed E-state index contributed by atoms with van der Waals surface area (Å²) in [4.78, 5) is 24.4. The number of nitrogens with zero attached hydrogens (tertiary/aromatic N) is 2. The van der Waals surface area contributed by atoms with Crippen LogP contribution in [0, 0.1) is 6.92 Å². The highest BCUT2D eigenvalue weighted by atomic mass is 32.2. The van der Waals surface area contributed by atoms with Gasteiger partial charge in [-0.25, -0.2) is 0 Å². The van der Waals surface area contributed by atoms with E-state index in [1.807, 2.05) is 31.2 Å². The maximum Gasteiger partial charge on any atom is 0.261 e. The van der Waals surface area contributed by atoms with Crippen LogP contribution in [0.5, 0.6) is 5.75 Å². The lowest BCUT2D eigenvalue weighted by atomic mass is 10.2. The average molecular weight is 415 g/mol. The first-order valence-corrected chi connectivity index (χ1v) is 10.1. The standard InChI is InChI=1S/C19H18N4O3S2/c1-12-7-9-13(10-8-12)20-16(24)11-27-19-23-22-18(28-19)21-17(25)14-5-3-4-6-15(14)26-2/h3-10H,11H2,1-2H3,(H,20,24)(H,21,22,25). The number of methoxy groups -OCH3 is 1. The molecule has 2 amide bonds. The van der Waals surface area contributed by atoms with Crippen LogP contribution in [0.3, 0.4) is 0 Å². The van der Waals surface area contributed by atoms with Crippen molar-refractivity contribution in [3.63, 3.8) is 0 Å². The summed E-state index contributed by atoms with van der Waals surface area (Å²) < 4.78 is 5.78. The summed E-state index contributed by atoms with van der Waals surface area (Å²) in [7, 11) is 1.51. The molecule has 0 atom stereocenters. The predicted molar refractivity (Wildman–Crippen MR) is 111 cm³/mol. The highest BCUT2D eigenvalue weighted by Gasteiger charge is 2.15. The lowest BCUT2D eigenvalue weighted by molar-refractivity contribution is -0.113. The van der Waals surface area contributed by atoms with E-state index in [2.05, 4.69) is 20.8 Å². The van der Waals surface area contributed by atoms with Gasteiger partial charge in [-0.3, -0.25) is 14.9 Å². The van der Waals surface area contributed by atoms with Crippen molar-refractivity contribution in [3.8, 4) is 5.75 Å². The molecular formula is C19H18N4O3S2. The van der Waals surface area contributed by atoms with Crippen molar-refractivity contribution < 1.29 is 14.3 Å². The Morgan fingerprint density at radius 2 is 1.82 bits per heavy atom. The maximum absolute atomic E-state index is 12.4. The number of hydrogen-bond acceptors (Lipinski definition) is 7. The molecular weight excluding hydrogens is 396 g/mol. The SMILES string of the molecule is COc1ccccc1C(=O)Nc1nnc(SCC(=O)Nc2ccc(C)cc2)s1. The second-order valence-electron chi connectivity index (χ2n) is 5.73. The number of hydrogen-bond donors (Lipinski definition) is 2. The van der Waals surface area contributed by atoms with Gasteiger partial charge in [-0.15, -0.1) is 10.2 Å². The van der Waals surface area contributed by atoms with Gasteiger partial charge in [0.1, 0.15) is 5.75 Å². The van der Waals surface area contributed by atoms with Crippen LogP contribution in [0.15, 0.2) is 52.9 Å². The molecule has 0 fully saturated rings. The molecule has 1 aromatic heterocycles. The van der Waals surface area contributed by atoms with Gasteiger partial charge >= 0.3 is 0 Å². The number of carbonyl (C=O) groups excluding carboxylic acids is 2. The summed E-state index contributed by atoms with van der Waals surface area (Å²) in [5, 5.41) is 13.8. The van der Waals surface area contributed by atoms with Gasteiger partial charge in [-0.2, -0.15) is 0 Å². The summed E-state index contributed by atoms with van der Waals surface area (Å²) >= 11 is 2.47. The molecule has 0 saturated heterocycles. The highest BCUT2D eigenvalue weighted by Crippen LogP contribution is 2.27. The molecule has 9 heteroatoms. The molecule has 0 aliphatic heterocycles. The third kappa shape index (κ3) is 5.30. The van der Waals surface area contributed by atoms with Crippen molar-refractivity contribution in [2.24, 2.45) is 0 Å². The fraction of sp³-hybridized carbons (Fsp3) is 0.158. The number of para-hydroxylation sites is 1. The molecule has 3 aromatic rings. The quantitative estimate of drug-likeness (QED) is 0.451. The fourth-order valence-corrected chi connectivity index (χ4v) is 3.82. The van der Waals surface area contributed by atoms with Crippen LogP contribution in [0.2, 0.25) is 0 Å². The van der Waals surface area contributed by atoms with Crippen molar-refractivity contribution >= 4 is 45.7 Å². The molecule has 144 valence electrons. The van der Waals surface area contributed by atoms with Crippen LogP contribution in [0.1, 0.15) is 15.9 Å². The Hall–Kier alpha value is -2.91. The second-order valence-corrected chi connectivity index (χ2v) is 7.93. The molecule has 2 N–H and O–H groups in total. The van der Waals surface area contributed by atoms with E-state index in [1.165, 1.54) is 30.2 Å². The minimum Gasteiger partial charge on any atom is -0.496 e. The summed E-state index contributed by atoms with van der Waals surface area (Å²) in [5.74, 6) is 0.209. The zero-order valence-electron chi connectivity index (χ0n) is 15.3. The van der Waals surface area contributed by atoms with Crippen molar-refractivity contribution in [2.45, 2.75) is 11.3 Å². The van der Waals surface area contributed by atoms with Gasteiger partial charge in [0.2, 0.25) is 11.0 Å². The number of rotatable bonds is 7. The van der Waals surface area contributed by atoms with Gasteiger partial charge in [0.25, 0.3) is 5.91 Å². The van der Waals surface area contributed by atoms with E-state index in [1.54, 1.807) is 24.3 Å². The molecule has 0 spiro atoms. The largest absolute Gasteiger partial charge is 0.496 e. The Bertz CT molecular complexity index is 973. The Morgan fingerprint density at radius 1 is 1.07 bits per heavy atom. The molecule has 0 unspecified atom stereocenters. The summed E-state index contributed by atoms with van der Waals surface area (Å²) in [6, 6.07) is 14.5. The summed E-state index contributed by atoms with van der Waals surface area (Å²) in [5.41, 5.74) is 2.29. The average Bonchev–Trinajstić information content (AvgIpc) is 3.15. The Labute approximate surface area is 170 Å². The van der Waals surface area contributed by atoms with E-state index in [-0.39, 0.29) is 17.6 Å². The molecule has 0 radical (unpaired) electrons. The molecule has 0 bridgehead atoms. The summed E-state index contributed by atoms with van der Waals surface area (Å²) in [6.45, 7) is 1.99. The Kier molecular flexibility index (Phi) is 6.62. The van der Waals surface area contributed by atoms with Crippen LogP contribution < -0.4 is 15.4 Å². The smallest absolute Gasteiger partial charge is 0.261 e. The number of aryl methyl sites for hydroxylation is 1. The van der Waals surface area contributed by atoms with E-state index in [0.29, 0.717) is 20.8 Å². The molecule has 2 aromatic carbocycles. The van der Waals surface area contributed by atoms with E-state index in [0.717, 1.165) is 11.3 Å². The number of ether oxygens (including phenoxy) is 1. The van der Waals surface area contributed by atoms with Crippen molar-refractivity contribution in [1.29, 1.82) is 0 Å². The van der Waals surface area contributed by atoms with Crippen molar-refractivity contribution in [3.05, 3.63) is 59.7 Å². The first-order chi connectivity index (χ1) is 13.5. The highest BCUT2D eigenvalue weighted by molar-refractivity contribution is 8.01. The Balaban J connectivity index is 1.53.